The lowest BCUT2D eigenvalue weighted by Crippen LogP contribution is -2.33. The zero-order chi connectivity index (χ0) is 22.1. The van der Waals surface area contributed by atoms with E-state index < -0.39 is 5.41 Å². The first-order valence-electron chi connectivity index (χ1n) is 11.0. The Kier molecular flexibility index (Phi) is 5.24. The van der Waals surface area contributed by atoms with Gasteiger partial charge in [-0.2, -0.15) is 5.26 Å². The van der Waals surface area contributed by atoms with Gasteiger partial charge in [0, 0.05) is 30.2 Å². The number of pyridine rings is 2. The summed E-state index contributed by atoms with van der Waals surface area (Å²) in [5, 5.41) is 13.5. The van der Waals surface area contributed by atoms with Gasteiger partial charge < -0.3 is 15.0 Å². The number of anilines is 1. The predicted octanol–water partition coefficient (Wildman–Crippen LogP) is 3.47. The van der Waals surface area contributed by atoms with Gasteiger partial charge in [0.25, 0.3) is 5.91 Å². The van der Waals surface area contributed by atoms with Crippen LogP contribution < -0.4 is 10.2 Å². The fourth-order valence-corrected chi connectivity index (χ4v) is 4.43. The van der Waals surface area contributed by atoms with Gasteiger partial charge in [0.15, 0.2) is 0 Å². The Labute approximate surface area is 187 Å². The Morgan fingerprint density at radius 3 is 2.91 bits per heavy atom. The summed E-state index contributed by atoms with van der Waals surface area (Å²) in [6.07, 6.45) is 4.21. The van der Waals surface area contributed by atoms with E-state index in [2.05, 4.69) is 21.3 Å². The average molecular weight is 428 g/mol. The van der Waals surface area contributed by atoms with Gasteiger partial charge in [-0.05, 0) is 61.2 Å². The number of aromatic nitrogens is 2. The van der Waals surface area contributed by atoms with E-state index in [0.717, 1.165) is 46.6 Å². The molecule has 3 aromatic rings. The van der Waals surface area contributed by atoms with Crippen LogP contribution in [-0.2, 0) is 23.3 Å². The van der Waals surface area contributed by atoms with Gasteiger partial charge in [0.2, 0.25) is 0 Å². The maximum Gasteiger partial charge on any atom is 0.251 e. The molecule has 2 aliphatic heterocycles. The van der Waals surface area contributed by atoms with Gasteiger partial charge >= 0.3 is 0 Å². The van der Waals surface area contributed by atoms with Crippen LogP contribution >= 0.6 is 0 Å². The van der Waals surface area contributed by atoms with Crippen molar-refractivity contribution in [3.05, 3.63) is 65.0 Å². The molecule has 7 nitrogen and oxygen atoms in total. The summed E-state index contributed by atoms with van der Waals surface area (Å²) in [5.74, 6) is 0.801. The number of nitrogens with zero attached hydrogens (tertiary/aromatic N) is 4. The monoisotopic (exact) mass is 427 g/mol. The van der Waals surface area contributed by atoms with Crippen molar-refractivity contribution in [3.63, 3.8) is 0 Å². The second-order valence-corrected chi connectivity index (χ2v) is 8.72. The zero-order valence-electron chi connectivity index (χ0n) is 18.1. The standard InChI is InChI=1S/C25H25N5O2/c1-25(15-26)16-32-14-19-5-4-17(10-21(19)25)24(31)28-13-20-11-22-18(12-27-20)6-7-23(29-22)30-8-2-3-9-30/h4-7,10-12H,2-3,8-9,13-14,16H2,1H3,(H,28,31)/t25-/m1/s1. The number of benzene rings is 1. The summed E-state index contributed by atoms with van der Waals surface area (Å²) in [6.45, 7) is 5.03. The second kappa shape index (κ2) is 8.21. The highest BCUT2D eigenvalue weighted by Gasteiger charge is 2.33. The Balaban J connectivity index is 1.32. The largest absolute Gasteiger partial charge is 0.375 e. The van der Waals surface area contributed by atoms with Gasteiger partial charge in [-0.25, -0.2) is 4.98 Å². The van der Waals surface area contributed by atoms with Gasteiger partial charge in [-0.3, -0.25) is 9.78 Å². The van der Waals surface area contributed by atoms with Crippen LogP contribution in [0.4, 0.5) is 5.82 Å². The summed E-state index contributed by atoms with van der Waals surface area (Å²) in [7, 11) is 0. The van der Waals surface area contributed by atoms with Crippen LogP contribution in [0.1, 0.15) is 46.9 Å². The molecule has 4 heterocycles. The van der Waals surface area contributed by atoms with Gasteiger partial charge in [-0.1, -0.05) is 6.07 Å². The molecule has 1 fully saturated rings. The molecular formula is C25H25N5O2. The molecule has 7 heteroatoms. The average Bonchev–Trinajstić information content (AvgIpc) is 3.37. The van der Waals surface area contributed by atoms with E-state index in [1.807, 2.05) is 37.3 Å². The molecule has 1 aromatic carbocycles. The molecule has 2 aliphatic rings. The first kappa shape index (κ1) is 20.4. The minimum atomic E-state index is -0.748. The molecule has 1 N–H and O–H groups in total. The number of carbonyl (C=O) groups excluding carboxylic acids is 1. The van der Waals surface area contributed by atoms with Gasteiger partial charge in [-0.15, -0.1) is 0 Å². The maximum absolute atomic E-state index is 12.8. The van der Waals surface area contributed by atoms with E-state index in [4.69, 9.17) is 9.72 Å². The second-order valence-electron chi connectivity index (χ2n) is 8.72. The number of hydrogen-bond donors (Lipinski definition) is 1. The van der Waals surface area contributed by atoms with Crippen molar-refractivity contribution in [3.8, 4) is 6.07 Å². The van der Waals surface area contributed by atoms with Crippen LogP contribution in [-0.4, -0.2) is 35.6 Å². The maximum atomic E-state index is 12.8. The lowest BCUT2D eigenvalue weighted by molar-refractivity contribution is 0.0757. The molecule has 0 saturated carbocycles. The van der Waals surface area contributed by atoms with E-state index in [1.54, 1.807) is 12.3 Å². The topological polar surface area (TPSA) is 91.1 Å². The highest BCUT2D eigenvalue weighted by Crippen LogP contribution is 2.32. The van der Waals surface area contributed by atoms with E-state index in [9.17, 15) is 10.1 Å². The normalized spacial score (nSPS) is 20.1. The molecule has 0 spiro atoms. The fourth-order valence-electron chi connectivity index (χ4n) is 4.43. The van der Waals surface area contributed by atoms with Crippen molar-refractivity contribution in [2.45, 2.75) is 38.3 Å². The summed E-state index contributed by atoms with van der Waals surface area (Å²) < 4.78 is 5.54. The summed E-state index contributed by atoms with van der Waals surface area (Å²) in [6, 6.07) is 13.8. The van der Waals surface area contributed by atoms with Crippen LogP contribution in [0.3, 0.4) is 0 Å². The first-order valence-corrected chi connectivity index (χ1v) is 11.0. The highest BCUT2D eigenvalue weighted by atomic mass is 16.5. The highest BCUT2D eigenvalue weighted by molar-refractivity contribution is 5.94. The quantitative estimate of drug-likeness (QED) is 0.686. The Bertz CT molecular complexity index is 1230. The van der Waals surface area contributed by atoms with Gasteiger partial charge in [0.1, 0.15) is 11.2 Å². The number of nitrogens with one attached hydrogen (secondary N) is 1. The van der Waals surface area contributed by atoms with Crippen LogP contribution in [0.25, 0.3) is 10.9 Å². The molecule has 0 radical (unpaired) electrons. The number of nitriles is 1. The number of amides is 1. The van der Waals surface area contributed by atoms with Crippen LogP contribution in [0.5, 0.6) is 0 Å². The number of ether oxygens (including phenoxy) is 1. The van der Waals surface area contributed by atoms with Crippen molar-refractivity contribution < 1.29 is 9.53 Å². The predicted molar refractivity (Wildman–Crippen MR) is 121 cm³/mol. The van der Waals surface area contributed by atoms with E-state index in [-0.39, 0.29) is 5.91 Å². The molecule has 2 aromatic heterocycles. The SMILES string of the molecule is C[C@@]1(C#N)COCc2ccc(C(=O)NCc3cc4nc(N5CCCC5)ccc4cn3)cc21. The van der Waals surface area contributed by atoms with E-state index >= 15 is 0 Å². The summed E-state index contributed by atoms with van der Waals surface area (Å²) in [5.41, 5.74) is 3.23. The number of hydrogen-bond acceptors (Lipinski definition) is 6. The van der Waals surface area contributed by atoms with Gasteiger partial charge in [0.05, 0.1) is 37.0 Å². The molecule has 0 bridgehead atoms. The van der Waals surface area contributed by atoms with Crippen LogP contribution in [0.2, 0.25) is 0 Å². The Hall–Kier alpha value is -3.50. The molecule has 1 amide bonds. The third kappa shape index (κ3) is 3.78. The minimum Gasteiger partial charge on any atom is -0.375 e. The van der Waals surface area contributed by atoms with Crippen molar-refractivity contribution in [2.24, 2.45) is 0 Å². The molecule has 1 saturated heterocycles. The van der Waals surface area contributed by atoms with Crippen LogP contribution in [0, 0.1) is 11.3 Å². The fraction of sp³-hybridized carbons (Fsp3) is 0.360. The molecule has 5 rings (SSSR count). The van der Waals surface area contributed by atoms with Crippen LogP contribution in [0.15, 0.2) is 42.6 Å². The van der Waals surface area contributed by atoms with Crippen molar-refractivity contribution in [1.29, 1.82) is 5.26 Å². The minimum absolute atomic E-state index is 0.194. The van der Waals surface area contributed by atoms with E-state index in [0.29, 0.717) is 25.3 Å². The van der Waals surface area contributed by atoms with E-state index in [1.165, 1.54) is 12.8 Å². The third-order valence-electron chi connectivity index (χ3n) is 6.34. The molecular weight excluding hydrogens is 402 g/mol. The Morgan fingerprint density at radius 1 is 1.25 bits per heavy atom. The Morgan fingerprint density at radius 2 is 2.09 bits per heavy atom. The number of carbonyl (C=O) groups is 1. The summed E-state index contributed by atoms with van der Waals surface area (Å²) in [4.78, 5) is 24.4. The smallest absolute Gasteiger partial charge is 0.251 e. The molecule has 1 atom stereocenters. The molecule has 0 unspecified atom stereocenters. The summed E-state index contributed by atoms with van der Waals surface area (Å²) >= 11 is 0. The lowest BCUT2D eigenvalue weighted by atomic mass is 9.79. The zero-order valence-corrected chi connectivity index (χ0v) is 18.1. The van der Waals surface area contributed by atoms with Crippen molar-refractivity contribution >= 4 is 22.6 Å². The number of rotatable bonds is 4. The third-order valence-corrected chi connectivity index (χ3v) is 6.34. The van der Waals surface area contributed by atoms with Crippen molar-refractivity contribution in [1.82, 2.24) is 15.3 Å². The first-order chi connectivity index (χ1) is 15.6. The molecule has 0 aliphatic carbocycles. The molecule has 32 heavy (non-hydrogen) atoms. The molecule has 162 valence electrons. The number of fused-ring (bicyclic) bond motifs is 2. The lowest BCUT2D eigenvalue weighted by Gasteiger charge is -2.30. The van der Waals surface area contributed by atoms with Crippen molar-refractivity contribution in [2.75, 3.05) is 24.6 Å².